The van der Waals surface area contributed by atoms with E-state index in [9.17, 15) is 18.0 Å². The number of anilines is 1. The molecule has 0 saturated heterocycles. The van der Waals surface area contributed by atoms with Gasteiger partial charge in [-0.05, 0) is 18.9 Å². The quantitative estimate of drug-likeness (QED) is 0.840. The van der Waals surface area contributed by atoms with Gasteiger partial charge in [0.1, 0.15) is 23.5 Å². The van der Waals surface area contributed by atoms with Crippen molar-refractivity contribution in [1.29, 1.82) is 0 Å². The highest BCUT2D eigenvalue weighted by Crippen LogP contribution is 2.31. The lowest BCUT2D eigenvalue weighted by Gasteiger charge is -2.08. The van der Waals surface area contributed by atoms with E-state index in [-0.39, 0.29) is 29.3 Å². The van der Waals surface area contributed by atoms with Gasteiger partial charge in [-0.2, -0.15) is 13.2 Å². The van der Waals surface area contributed by atoms with Crippen molar-refractivity contribution in [3.63, 3.8) is 0 Å². The van der Waals surface area contributed by atoms with Crippen molar-refractivity contribution in [2.45, 2.75) is 37.6 Å². The molecule has 6 nitrogen and oxygen atoms in total. The highest BCUT2D eigenvalue weighted by Gasteiger charge is 2.34. The van der Waals surface area contributed by atoms with Crippen LogP contribution in [0.2, 0.25) is 5.02 Å². The number of aromatic amines is 1. The fourth-order valence-electron chi connectivity index (χ4n) is 2.15. The molecule has 0 aromatic carbocycles. The van der Waals surface area contributed by atoms with Crippen LogP contribution in [0.25, 0.3) is 0 Å². The number of rotatable bonds is 5. The monoisotopic (exact) mass is 363 g/mol. The lowest BCUT2D eigenvalue weighted by molar-refractivity contribution is -0.364. The number of amides is 1. The molecule has 0 radical (unpaired) electrons. The number of carbonyl (C=O) groups is 1. The fraction of sp³-hybridized carbons (Fsp3) is 0.500. The van der Waals surface area contributed by atoms with E-state index in [1.807, 2.05) is 0 Å². The van der Waals surface area contributed by atoms with Crippen molar-refractivity contribution in [1.82, 2.24) is 5.32 Å². The molecule has 0 unspecified atom stereocenters. The summed E-state index contributed by atoms with van der Waals surface area (Å²) in [7, 11) is 0. The summed E-state index contributed by atoms with van der Waals surface area (Å²) in [6.07, 6.45) is -1.75. The van der Waals surface area contributed by atoms with Gasteiger partial charge >= 0.3 is 6.18 Å². The SMILES string of the molecule is O=C(NC1CC1)C1=NO[C@H](CNc2[nH+]cc(C(F)(F)F)cc2Cl)C1. The van der Waals surface area contributed by atoms with Crippen molar-refractivity contribution in [3.05, 3.63) is 22.8 Å². The van der Waals surface area contributed by atoms with E-state index in [0.717, 1.165) is 25.1 Å². The van der Waals surface area contributed by atoms with Gasteiger partial charge in [0, 0.05) is 12.5 Å². The molecule has 130 valence electrons. The number of hydrogen-bond donors (Lipinski definition) is 2. The first-order valence-electron chi connectivity index (χ1n) is 7.39. The molecule has 1 aliphatic carbocycles. The number of hydrogen-bond acceptors (Lipinski definition) is 4. The third-order valence-corrected chi connectivity index (χ3v) is 3.93. The molecule has 1 aromatic heterocycles. The van der Waals surface area contributed by atoms with E-state index < -0.39 is 17.8 Å². The van der Waals surface area contributed by atoms with Crippen molar-refractivity contribution in [3.8, 4) is 0 Å². The molecule has 1 aliphatic heterocycles. The van der Waals surface area contributed by atoms with Crippen LogP contribution in [-0.2, 0) is 15.8 Å². The first kappa shape index (κ1) is 16.8. The van der Waals surface area contributed by atoms with Gasteiger partial charge in [0.05, 0.1) is 5.56 Å². The summed E-state index contributed by atoms with van der Waals surface area (Å²) in [5, 5.41) is 9.34. The van der Waals surface area contributed by atoms with Crippen LogP contribution in [0.1, 0.15) is 24.8 Å². The summed E-state index contributed by atoms with van der Waals surface area (Å²) in [4.78, 5) is 19.4. The van der Waals surface area contributed by atoms with Crippen LogP contribution >= 0.6 is 11.6 Å². The summed E-state index contributed by atoms with van der Waals surface area (Å²) in [5.74, 6) is 0.00303. The summed E-state index contributed by atoms with van der Waals surface area (Å²) < 4.78 is 37.7. The number of aromatic nitrogens is 1. The molecule has 1 atom stereocenters. The van der Waals surface area contributed by atoms with Crippen molar-refractivity contribution >= 4 is 29.0 Å². The Balaban J connectivity index is 1.51. The number of nitrogens with one attached hydrogen (secondary N) is 3. The van der Waals surface area contributed by atoms with Crippen LogP contribution in [0.5, 0.6) is 0 Å². The van der Waals surface area contributed by atoms with Gasteiger partial charge in [-0.3, -0.25) is 10.1 Å². The third kappa shape index (κ3) is 4.08. The minimum atomic E-state index is -4.47. The standard InChI is InChI=1S/C14H14ClF3N4O2/c15-10-3-7(14(16,17)18)5-19-12(10)20-6-9-4-11(22-24-9)13(23)21-8-1-2-8/h3,5,8-9H,1-2,4,6H2,(H,19,20)(H,21,23)/p+1/t9-/m0/s1. The average Bonchev–Trinajstić information content (AvgIpc) is 3.19. The topological polar surface area (TPSA) is 76.9 Å². The van der Waals surface area contributed by atoms with Crippen LogP contribution < -0.4 is 15.6 Å². The lowest BCUT2D eigenvalue weighted by Crippen LogP contribution is -2.33. The Labute approximate surface area is 140 Å². The van der Waals surface area contributed by atoms with Crippen LogP contribution in [0, 0.1) is 0 Å². The highest BCUT2D eigenvalue weighted by atomic mass is 35.5. The van der Waals surface area contributed by atoms with Crippen LogP contribution in [0.3, 0.4) is 0 Å². The molecule has 24 heavy (non-hydrogen) atoms. The van der Waals surface area contributed by atoms with Gasteiger partial charge in [-0.25, -0.2) is 4.98 Å². The Morgan fingerprint density at radius 1 is 1.46 bits per heavy atom. The van der Waals surface area contributed by atoms with Gasteiger partial charge in [-0.15, -0.1) is 0 Å². The molecule has 10 heteroatoms. The Hall–Kier alpha value is -2.03. The van der Waals surface area contributed by atoms with E-state index in [4.69, 9.17) is 16.4 Å². The highest BCUT2D eigenvalue weighted by molar-refractivity contribution is 6.39. The number of alkyl halides is 3. The molecule has 1 aromatic rings. The molecule has 2 heterocycles. The van der Waals surface area contributed by atoms with Gasteiger partial charge in [0.25, 0.3) is 11.7 Å². The van der Waals surface area contributed by atoms with Crippen molar-refractivity contribution in [2.75, 3.05) is 11.9 Å². The first-order valence-corrected chi connectivity index (χ1v) is 7.76. The van der Waals surface area contributed by atoms with E-state index in [1.54, 1.807) is 0 Å². The number of pyridine rings is 1. The summed E-state index contributed by atoms with van der Waals surface area (Å²) in [6, 6.07) is 1.07. The van der Waals surface area contributed by atoms with E-state index in [2.05, 4.69) is 20.8 Å². The maximum absolute atomic E-state index is 12.6. The zero-order valence-electron chi connectivity index (χ0n) is 12.4. The zero-order valence-corrected chi connectivity index (χ0v) is 13.2. The zero-order chi connectivity index (χ0) is 17.3. The molecular formula is C14H15ClF3N4O2+. The van der Waals surface area contributed by atoms with Crippen LogP contribution in [0.4, 0.5) is 19.0 Å². The Bertz CT molecular complexity index is 676. The number of halogens is 4. The van der Waals surface area contributed by atoms with Gasteiger partial charge in [0.2, 0.25) is 0 Å². The molecule has 3 rings (SSSR count). The predicted octanol–water partition coefficient (Wildman–Crippen LogP) is 2.01. The second-order valence-electron chi connectivity index (χ2n) is 5.71. The molecular weight excluding hydrogens is 349 g/mol. The second kappa shape index (κ2) is 6.46. The molecule has 1 fully saturated rings. The Kier molecular flexibility index (Phi) is 4.53. The average molecular weight is 364 g/mol. The molecule has 0 bridgehead atoms. The van der Waals surface area contributed by atoms with E-state index in [0.29, 0.717) is 12.1 Å². The summed E-state index contributed by atoms with van der Waals surface area (Å²) in [6.45, 7) is 0.241. The first-order chi connectivity index (χ1) is 11.3. The van der Waals surface area contributed by atoms with Crippen LogP contribution in [-0.4, -0.2) is 30.3 Å². The fourth-order valence-corrected chi connectivity index (χ4v) is 2.39. The Morgan fingerprint density at radius 2 is 2.21 bits per heavy atom. The smallest absolute Gasteiger partial charge is 0.387 e. The lowest BCUT2D eigenvalue weighted by atomic mass is 10.1. The molecule has 2 aliphatic rings. The van der Waals surface area contributed by atoms with Crippen molar-refractivity contribution in [2.24, 2.45) is 5.16 Å². The normalized spacial score (nSPS) is 20.3. The Morgan fingerprint density at radius 3 is 2.83 bits per heavy atom. The van der Waals surface area contributed by atoms with Gasteiger partial charge in [-0.1, -0.05) is 16.8 Å². The number of H-pyrrole nitrogens is 1. The maximum Gasteiger partial charge on any atom is 0.419 e. The van der Waals surface area contributed by atoms with Crippen LogP contribution in [0.15, 0.2) is 17.4 Å². The second-order valence-corrected chi connectivity index (χ2v) is 6.11. The minimum Gasteiger partial charge on any atom is -0.387 e. The summed E-state index contributed by atoms with van der Waals surface area (Å²) >= 11 is 5.84. The van der Waals surface area contributed by atoms with Gasteiger partial charge in [0.15, 0.2) is 6.10 Å². The van der Waals surface area contributed by atoms with E-state index in [1.165, 1.54) is 0 Å². The van der Waals surface area contributed by atoms with Crippen molar-refractivity contribution < 1.29 is 27.8 Å². The number of oxime groups is 1. The third-order valence-electron chi connectivity index (χ3n) is 3.63. The minimum absolute atomic E-state index is 0.0876. The predicted molar refractivity (Wildman–Crippen MR) is 79.6 cm³/mol. The van der Waals surface area contributed by atoms with E-state index >= 15 is 0 Å². The maximum atomic E-state index is 12.6. The summed E-state index contributed by atoms with van der Waals surface area (Å²) in [5.41, 5.74) is -0.547. The number of carbonyl (C=O) groups excluding carboxylic acids is 1. The molecule has 1 amide bonds. The van der Waals surface area contributed by atoms with Gasteiger partial charge < -0.3 is 10.2 Å². The molecule has 3 N–H and O–H groups in total. The number of nitrogens with zero attached hydrogens (tertiary/aromatic N) is 1. The largest absolute Gasteiger partial charge is 0.419 e. The molecule has 1 saturated carbocycles. The molecule has 0 spiro atoms.